The Hall–Kier alpha value is -8.86. The Balaban J connectivity index is 1.22. The minimum Gasteiger partial charge on any atom is -0.309 e. The summed E-state index contributed by atoms with van der Waals surface area (Å²) >= 11 is 0. The van der Waals surface area contributed by atoms with Gasteiger partial charge in [-0.1, -0.05) is 84.9 Å². The maximum atomic E-state index is 14.1. The highest BCUT2D eigenvalue weighted by atomic mass is 19.4. The molecule has 0 radical (unpaired) electrons. The van der Waals surface area contributed by atoms with Crippen molar-refractivity contribution in [3.63, 3.8) is 0 Å². The number of halogens is 6. The minimum atomic E-state index is -4.53. The highest BCUT2D eigenvalue weighted by molar-refractivity contribution is 6.13. The smallest absolute Gasteiger partial charge is 0.309 e. The number of nitrogens with zero attached hydrogens (tertiary/aromatic N) is 4. The number of alkyl halides is 6. The van der Waals surface area contributed by atoms with Gasteiger partial charge in [0, 0.05) is 32.7 Å². The molecule has 11 rings (SSSR count). The van der Waals surface area contributed by atoms with Gasteiger partial charge in [-0.2, -0.15) is 36.9 Å². The molecule has 2 aromatic heterocycles. The fraction of sp³-hybridized carbons (Fsp3) is 0.0820. The quantitative estimate of drug-likeness (QED) is 0.156. The van der Waals surface area contributed by atoms with Crippen LogP contribution in [0.3, 0.4) is 0 Å². The summed E-state index contributed by atoms with van der Waals surface area (Å²) in [4.78, 5) is 0. The van der Waals surface area contributed by atoms with Gasteiger partial charge in [-0.3, -0.25) is 0 Å². The Morgan fingerprint density at radius 3 is 1.38 bits per heavy atom. The molecule has 2 heterocycles. The Bertz CT molecular complexity index is 4100. The monoisotopic (exact) mass is 940 g/mol. The number of fused-ring (bicyclic) bond motifs is 6. The first-order valence-electron chi connectivity index (χ1n) is 22.7. The standard InChI is InChI=1S/C61H38F6N4/c1-35-24-42(29-44(26-35)60(62,63)64)39-19-22-54-50(31-39)47-11-4-6-14-52(47)70(54)56-16-8-10-41(34-69)58(56)59-49(46-21-18-38(33-68)28-37(46)3)13-9-17-57(59)71-53-15-7-5-12-48(53)51-32-40(20-23-55(51)71)43-25-36(2)27-45(30-43)61(65,66)67/h4-32H,1-3H3. The van der Waals surface area contributed by atoms with Crippen LogP contribution in [0.5, 0.6) is 0 Å². The fourth-order valence-electron chi connectivity index (χ4n) is 10.4. The van der Waals surface area contributed by atoms with Crippen LogP contribution in [0.15, 0.2) is 176 Å². The molecule has 10 heteroatoms. The van der Waals surface area contributed by atoms with Crippen molar-refractivity contribution in [2.75, 3.05) is 0 Å². The minimum absolute atomic E-state index is 0.368. The number of hydrogen-bond donors (Lipinski definition) is 0. The van der Waals surface area contributed by atoms with E-state index < -0.39 is 23.5 Å². The van der Waals surface area contributed by atoms with Crippen LogP contribution in [0.25, 0.3) is 99.5 Å². The second kappa shape index (κ2) is 16.7. The predicted octanol–water partition coefficient (Wildman–Crippen LogP) is 17.3. The van der Waals surface area contributed by atoms with E-state index >= 15 is 0 Å². The number of hydrogen-bond acceptors (Lipinski definition) is 2. The van der Waals surface area contributed by atoms with Crippen molar-refractivity contribution in [1.82, 2.24) is 9.13 Å². The van der Waals surface area contributed by atoms with Crippen molar-refractivity contribution < 1.29 is 26.3 Å². The second-order valence-corrected chi connectivity index (χ2v) is 18.0. The summed E-state index contributed by atoms with van der Waals surface area (Å²) in [6.45, 7) is 5.24. The molecule has 0 saturated heterocycles. The topological polar surface area (TPSA) is 57.4 Å². The highest BCUT2D eigenvalue weighted by Crippen LogP contribution is 2.48. The molecule has 0 aliphatic rings. The lowest BCUT2D eigenvalue weighted by Gasteiger charge is -2.23. The lowest BCUT2D eigenvalue weighted by atomic mass is 9.87. The molecule has 0 amide bonds. The van der Waals surface area contributed by atoms with Crippen molar-refractivity contribution in [1.29, 1.82) is 10.5 Å². The summed E-state index contributed by atoms with van der Waals surface area (Å²) in [7, 11) is 0. The van der Waals surface area contributed by atoms with Crippen molar-refractivity contribution in [3.8, 4) is 68.0 Å². The molecule has 0 aliphatic heterocycles. The first kappa shape index (κ1) is 44.6. The maximum absolute atomic E-state index is 14.1. The summed E-state index contributed by atoms with van der Waals surface area (Å²) in [5.74, 6) is 0. The maximum Gasteiger partial charge on any atom is 0.416 e. The van der Waals surface area contributed by atoms with Crippen molar-refractivity contribution in [2.45, 2.75) is 33.1 Å². The number of rotatable bonds is 6. The molecular formula is C61H38F6N4. The van der Waals surface area contributed by atoms with E-state index in [0.717, 1.165) is 72.4 Å². The van der Waals surface area contributed by atoms with E-state index in [1.165, 1.54) is 12.1 Å². The zero-order valence-corrected chi connectivity index (χ0v) is 38.3. The Morgan fingerprint density at radius 2 is 0.887 bits per heavy atom. The second-order valence-electron chi connectivity index (χ2n) is 18.0. The molecule has 0 spiro atoms. The number of aromatic nitrogens is 2. The fourth-order valence-corrected chi connectivity index (χ4v) is 10.4. The molecule has 11 aromatic rings. The number of para-hydroxylation sites is 2. The van der Waals surface area contributed by atoms with Gasteiger partial charge < -0.3 is 9.13 Å². The van der Waals surface area contributed by atoms with Crippen molar-refractivity contribution in [2.24, 2.45) is 0 Å². The zero-order chi connectivity index (χ0) is 49.5. The van der Waals surface area contributed by atoms with Crippen LogP contribution in [0.4, 0.5) is 26.3 Å². The van der Waals surface area contributed by atoms with Crippen molar-refractivity contribution >= 4 is 43.6 Å². The van der Waals surface area contributed by atoms with Gasteiger partial charge in [-0.05, 0) is 162 Å². The molecule has 344 valence electrons. The van der Waals surface area contributed by atoms with Crippen LogP contribution in [0, 0.1) is 43.4 Å². The molecule has 0 atom stereocenters. The molecule has 0 unspecified atom stereocenters. The third kappa shape index (κ3) is 7.56. The average Bonchev–Trinajstić information content (AvgIpc) is 3.87. The van der Waals surface area contributed by atoms with E-state index in [1.54, 1.807) is 38.1 Å². The summed E-state index contributed by atoms with van der Waals surface area (Å²) in [5.41, 5.74) is 10.8. The van der Waals surface area contributed by atoms with E-state index in [4.69, 9.17) is 0 Å². The normalized spacial score (nSPS) is 12.0. The van der Waals surface area contributed by atoms with E-state index in [-0.39, 0.29) is 0 Å². The molecule has 0 bridgehead atoms. The molecular weight excluding hydrogens is 903 g/mol. The molecule has 0 aliphatic carbocycles. The van der Waals surface area contributed by atoms with E-state index in [0.29, 0.717) is 67.0 Å². The lowest BCUT2D eigenvalue weighted by molar-refractivity contribution is -0.138. The van der Waals surface area contributed by atoms with Gasteiger partial charge in [0.25, 0.3) is 0 Å². The molecule has 71 heavy (non-hydrogen) atoms. The zero-order valence-electron chi connectivity index (χ0n) is 38.3. The number of benzene rings is 9. The largest absolute Gasteiger partial charge is 0.416 e. The summed E-state index contributed by atoms with van der Waals surface area (Å²) in [6, 6.07) is 57.0. The molecule has 4 nitrogen and oxygen atoms in total. The van der Waals surface area contributed by atoms with Gasteiger partial charge in [-0.15, -0.1) is 0 Å². The average molecular weight is 941 g/mol. The van der Waals surface area contributed by atoms with Gasteiger partial charge in [0.2, 0.25) is 0 Å². The first-order valence-corrected chi connectivity index (χ1v) is 22.7. The number of aryl methyl sites for hydroxylation is 3. The summed E-state index contributed by atoms with van der Waals surface area (Å²) in [5, 5.41) is 24.5. The lowest BCUT2D eigenvalue weighted by Crippen LogP contribution is -2.05. The van der Waals surface area contributed by atoms with Crippen LogP contribution in [-0.2, 0) is 12.4 Å². The third-order valence-corrected chi connectivity index (χ3v) is 13.4. The SMILES string of the molecule is Cc1cc(-c2ccc3c(c2)c2ccccc2n3-c2cccc(C#N)c2-c2c(-c3ccc(C#N)cc3C)cccc2-n2c3ccccc3c3cc(-c4cc(C)cc(C(F)(F)F)c4)ccc32)cc(C(F)(F)F)c1. The van der Waals surface area contributed by atoms with Gasteiger partial charge in [0.05, 0.1) is 67.8 Å². The van der Waals surface area contributed by atoms with Crippen LogP contribution in [-0.4, -0.2) is 9.13 Å². The van der Waals surface area contributed by atoms with Crippen LogP contribution < -0.4 is 0 Å². The van der Waals surface area contributed by atoms with Gasteiger partial charge >= 0.3 is 12.4 Å². The highest BCUT2D eigenvalue weighted by Gasteiger charge is 2.33. The van der Waals surface area contributed by atoms with Crippen LogP contribution >= 0.6 is 0 Å². The summed E-state index contributed by atoms with van der Waals surface area (Å²) in [6.07, 6.45) is -9.05. The first-order chi connectivity index (χ1) is 34.1. The molecule has 0 fully saturated rings. The van der Waals surface area contributed by atoms with Gasteiger partial charge in [-0.25, -0.2) is 0 Å². The van der Waals surface area contributed by atoms with E-state index in [9.17, 15) is 36.9 Å². The van der Waals surface area contributed by atoms with Crippen LogP contribution in [0.2, 0.25) is 0 Å². The third-order valence-electron chi connectivity index (χ3n) is 13.4. The predicted molar refractivity (Wildman–Crippen MR) is 271 cm³/mol. The molecule has 9 aromatic carbocycles. The van der Waals surface area contributed by atoms with E-state index in [1.807, 2.05) is 134 Å². The number of nitriles is 2. The Morgan fingerprint density at radius 1 is 0.394 bits per heavy atom. The van der Waals surface area contributed by atoms with Gasteiger partial charge in [0.1, 0.15) is 0 Å². The Kier molecular flexibility index (Phi) is 10.5. The van der Waals surface area contributed by atoms with Crippen LogP contribution in [0.1, 0.15) is 38.9 Å². The summed E-state index contributed by atoms with van der Waals surface area (Å²) < 4.78 is 88.8. The Labute approximate surface area is 404 Å². The van der Waals surface area contributed by atoms with E-state index in [2.05, 4.69) is 21.3 Å². The molecule has 0 saturated carbocycles. The molecule has 0 N–H and O–H groups in total. The van der Waals surface area contributed by atoms with Gasteiger partial charge in [0.15, 0.2) is 0 Å². The van der Waals surface area contributed by atoms with Crippen molar-refractivity contribution in [3.05, 3.63) is 215 Å².